The standard InChI is InChI=1S/C13H24/c1-2-13-11-9-7-5-3-4-6-8-10-12-13/h7,9,13H,2-6,8,10-12H2,1H3. The number of hydrogen-bond acceptors (Lipinski definition) is 0. The van der Waals surface area contributed by atoms with Crippen molar-refractivity contribution in [1.29, 1.82) is 0 Å². The Bertz CT molecular complexity index is 135. The lowest BCUT2D eigenvalue weighted by molar-refractivity contribution is 0.445. The van der Waals surface area contributed by atoms with Gasteiger partial charge in [-0.1, -0.05) is 57.6 Å². The minimum absolute atomic E-state index is 0.967. The Kier molecular flexibility index (Phi) is 5.97. The molecular weight excluding hydrogens is 156 g/mol. The largest absolute Gasteiger partial charge is 0.0885 e. The van der Waals surface area contributed by atoms with Crippen LogP contribution in [0.1, 0.15) is 64.7 Å². The zero-order valence-corrected chi connectivity index (χ0v) is 9.10. The highest BCUT2D eigenvalue weighted by Gasteiger charge is 2.04. The average Bonchev–Trinajstić information content (AvgIpc) is 2.22. The summed E-state index contributed by atoms with van der Waals surface area (Å²) in [4.78, 5) is 0. The van der Waals surface area contributed by atoms with Gasteiger partial charge >= 0.3 is 0 Å². The molecule has 76 valence electrons. The molecule has 0 amide bonds. The Labute approximate surface area is 83.4 Å². The highest BCUT2D eigenvalue weighted by Crippen LogP contribution is 2.20. The first kappa shape index (κ1) is 10.8. The molecule has 1 aliphatic rings. The summed E-state index contributed by atoms with van der Waals surface area (Å²) in [6.07, 6.45) is 17.5. The molecule has 0 radical (unpaired) electrons. The Morgan fingerprint density at radius 3 is 2.62 bits per heavy atom. The van der Waals surface area contributed by atoms with Gasteiger partial charge in [-0.25, -0.2) is 0 Å². The summed E-state index contributed by atoms with van der Waals surface area (Å²) in [7, 11) is 0. The number of rotatable bonds is 1. The van der Waals surface area contributed by atoms with Crippen LogP contribution in [0, 0.1) is 5.92 Å². The van der Waals surface area contributed by atoms with Crippen LogP contribution < -0.4 is 0 Å². The smallest absolute Gasteiger partial charge is 0.0322 e. The normalized spacial score (nSPS) is 26.7. The molecule has 0 heteroatoms. The zero-order valence-electron chi connectivity index (χ0n) is 9.10. The van der Waals surface area contributed by atoms with Crippen molar-refractivity contribution < 1.29 is 0 Å². The predicted molar refractivity (Wildman–Crippen MR) is 59.9 cm³/mol. The van der Waals surface area contributed by atoms with Crippen molar-refractivity contribution >= 4 is 0 Å². The SMILES string of the molecule is CCC1CC=CCCCCCCC1. The lowest BCUT2D eigenvalue weighted by atomic mass is 9.95. The van der Waals surface area contributed by atoms with Crippen LogP contribution in [0.2, 0.25) is 0 Å². The Morgan fingerprint density at radius 1 is 1.00 bits per heavy atom. The molecule has 0 nitrogen and oxygen atoms in total. The molecule has 0 N–H and O–H groups in total. The van der Waals surface area contributed by atoms with Crippen molar-refractivity contribution in [2.45, 2.75) is 64.7 Å². The molecule has 0 saturated heterocycles. The van der Waals surface area contributed by atoms with Crippen LogP contribution in [-0.2, 0) is 0 Å². The third-order valence-electron chi connectivity index (χ3n) is 3.20. The van der Waals surface area contributed by atoms with E-state index in [4.69, 9.17) is 0 Å². The summed E-state index contributed by atoms with van der Waals surface area (Å²) in [5.41, 5.74) is 0. The summed E-state index contributed by atoms with van der Waals surface area (Å²) >= 11 is 0. The van der Waals surface area contributed by atoms with Crippen molar-refractivity contribution in [1.82, 2.24) is 0 Å². The van der Waals surface area contributed by atoms with Crippen molar-refractivity contribution in [3.8, 4) is 0 Å². The van der Waals surface area contributed by atoms with E-state index in [1.165, 1.54) is 57.8 Å². The van der Waals surface area contributed by atoms with Crippen LogP contribution in [0.3, 0.4) is 0 Å². The van der Waals surface area contributed by atoms with Gasteiger partial charge in [0.05, 0.1) is 0 Å². The lowest BCUT2D eigenvalue weighted by Gasteiger charge is -2.11. The fourth-order valence-electron chi connectivity index (χ4n) is 2.12. The number of allylic oxidation sites excluding steroid dienone is 2. The highest BCUT2D eigenvalue weighted by atomic mass is 14.1. The third kappa shape index (κ3) is 5.13. The van der Waals surface area contributed by atoms with E-state index < -0.39 is 0 Å². The highest BCUT2D eigenvalue weighted by molar-refractivity contribution is 4.84. The van der Waals surface area contributed by atoms with Gasteiger partial charge in [-0.05, 0) is 25.2 Å². The molecule has 1 rings (SSSR count). The maximum absolute atomic E-state index is 2.42. The second-order valence-corrected chi connectivity index (χ2v) is 4.33. The Morgan fingerprint density at radius 2 is 1.77 bits per heavy atom. The van der Waals surface area contributed by atoms with Crippen LogP contribution in [0.15, 0.2) is 12.2 Å². The molecule has 1 aliphatic carbocycles. The van der Waals surface area contributed by atoms with Crippen LogP contribution in [-0.4, -0.2) is 0 Å². The van der Waals surface area contributed by atoms with Gasteiger partial charge in [0.2, 0.25) is 0 Å². The molecule has 1 unspecified atom stereocenters. The molecule has 0 spiro atoms. The van der Waals surface area contributed by atoms with Gasteiger partial charge in [0.25, 0.3) is 0 Å². The molecule has 0 fully saturated rings. The molecule has 0 heterocycles. The van der Waals surface area contributed by atoms with Gasteiger partial charge in [-0.15, -0.1) is 0 Å². The third-order valence-corrected chi connectivity index (χ3v) is 3.20. The van der Waals surface area contributed by atoms with E-state index in [9.17, 15) is 0 Å². The molecular formula is C13H24. The molecule has 0 saturated carbocycles. The Hall–Kier alpha value is -0.260. The molecule has 1 atom stereocenters. The maximum atomic E-state index is 2.42. The average molecular weight is 180 g/mol. The van der Waals surface area contributed by atoms with Crippen LogP contribution in [0.25, 0.3) is 0 Å². The van der Waals surface area contributed by atoms with Crippen molar-refractivity contribution in [2.75, 3.05) is 0 Å². The minimum Gasteiger partial charge on any atom is -0.0885 e. The lowest BCUT2D eigenvalue weighted by Crippen LogP contribution is -1.96. The summed E-state index contributed by atoms with van der Waals surface area (Å²) in [6, 6.07) is 0. The molecule has 0 aromatic rings. The molecule has 0 aromatic carbocycles. The van der Waals surface area contributed by atoms with Crippen molar-refractivity contribution in [3.63, 3.8) is 0 Å². The second kappa shape index (κ2) is 7.17. The van der Waals surface area contributed by atoms with E-state index in [1.807, 2.05) is 0 Å². The summed E-state index contributed by atoms with van der Waals surface area (Å²) in [5.74, 6) is 0.967. The topological polar surface area (TPSA) is 0 Å². The van der Waals surface area contributed by atoms with E-state index in [2.05, 4.69) is 19.1 Å². The fourth-order valence-corrected chi connectivity index (χ4v) is 2.12. The van der Waals surface area contributed by atoms with Crippen LogP contribution >= 0.6 is 0 Å². The van der Waals surface area contributed by atoms with Crippen LogP contribution in [0.5, 0.6) is 0 Å². The summed E-state index contributed by atoms with van der Waals surface area (Å²) < 4.78 is 0. The van der Waals surface area contributed by atoms with E-state index in [1.54, 1.807) is 0 Å². The molecule has 0 aliphatic heterocycles. The molecule has 0 bridgehead atoms. The second-order valence-electron chi connectivity index (χ2n) is 4.33. The van der Waals surface area contributed by atoms with Gasteiger partial charge in [-0.2, -0.15) is 0 Å². The van der Waals surface area contributed by atoms with E-state index >= 15 is 0 Å². The van der Waals surface area contributed by atoms with Crippen molar-refractivity contribution in [3.05, 3.63) is 12.2 Å². The van der Waals surface area contributed by atoms with Crippen molar-refractivity contribution in [2.24, 2.45) is 5.92 Å². The first-order valence-corrected chi connectivity index (χ1v) is 6.08. The fraction of sp³-hybridized carbons (Fsp3) is 0.846. The summed E-state index contributed by atoms with van der Waals surface area (Å²) in [5, 5.41) is 0. The Balaban J connectivity index is 2.28. The van der Waals surface area contributed by atoms with E-state index in [-0.39, 0.29) is 0 Å². The van der Waals surface area contributed by atoms with E-state index in [0.717, 1.165) is 5.92 Å². The van der Waals surface area contributed by atoms with Gasteiger partial charge in [-0.3, -0.25) is 0 Å². The predicted octanol–water partition coefficient (Wildman–Crippen LogP) is 4.70. The van der Waals surface area contributed by atoms with E-state index in [0.29, 0.717) is 0 Å². The van der Waals surface area contributed by atoms with Gasteiger partial charge < -0.3 is 0 Å². The number of hydrogen-bond donors (Lipinski definition) is 0. The maximum Gasteiger partial charge on any atom is -0.0322 e. The first-order valence-electron chi connectivity index (χ1n) is 6.08. The molecule has 13 heavy (non-hydrogen) atoms. The first-order chi connectivity index (χ1) is 6.43. The quantitative estimate of drug-likeness (QED) is 0.513. The van der Waals surface area contributed by atoms with Gasteiger partial charge in [0, 0.05) is 0 Å². The molecule has 0 aromatic heterocycles. The summed E-state index contributed by atoms with van der Waals surface area (Å²) in [6.45, 7) is 2.33. The zero-order chi connectivity index (χ0) is 9.36. The van der Waals surface area contributed by atoms with Gasteiger partial charge in [0.15, 0.2) is 0 Å². The monoisotopic (exact) mass is 180 g/mol. The van der Waals surface area contributed by atoms with Crippen LogP contribution in [0.4, 0.5) is 0 Å². The van der Waals surface area contributed by atoms with Gasteiger partial charge in [0.1, 0.15) is 0 Å². The minimum atomic E-state index is 0.967.